The molecule has 0 spiro atoms. The molecular weight excluding hydrogens is 264 g/mol. The third kappa shape index (κ3) is 2.04. The number of amides is 1. The average molecular weight is 270 g/mol. The van der Waals surface area contributed by atoms with Gasteiger partial charge in [-0.25, -0.2) is 0 Å². The number of carbonyl (C=O) groups excluding carboxylic acids is 1. The predicted octanol–water partition coefficient (Wildman–Crippen LogP) is -1.28. The van der Waals surface area contributed by atoms with Gasteiger partial charge >= 0.3 is 58.2 Å². The van der Waals surface area contributed by atoms with E-state index in [1.807, 2.05) is 12.1 Å². The van der Waals surface area contributed by atoms with Gasteiger partial charge in [-0.05, 0) is 0 Å². The van der Waals surface area contributed by atoms with Crippen molar-refractivity contribution in [3.63, 3.8) is 0 Å². The minimum Gasteiger partial charge on any atom is -0.626 e. The Morgan fingerprint density at radius 1 is 1.13 bits per heavy atom. The topological polar surface area (TPSA) is 57.0 Å². The summed E-state index contributed by atoms with van der Waals surface area (Å²) in [7, 11) is 0. The first-order chi connectivity index (χ1) is 6.83. The van der Waals surface area contributed by atoms with Crippen LogP contribution in [0.5, 0.6) is 0 Å². The Morgan fingerprint density at radius 3 is 2.53 bits per heavy atom. The van der Waals surface area contributed by atoms with Crippen LogP contribution in [0.15, 0.2) is 24.5 Å². The quantitative estimate of drug-likeness (QED) is 0.599. The predicted molar refractivity (Wildman–Crippen MR) is 51.3 cm³/mol. The summed E-state index contributed by atoms with van der Waals surface area (Å²) in [6.45, 7) is 0. The van der Waals surface area contributed by atoms with E-state index in [0.29, 0.717) is 6.42 Å². The van der Waals surface area contributed by atoms with Crippen LogP contribution in [0, 0.1) is 0 Å². The standard InChI is InChI=1S/C10H7N3O.Rb/c14-10-3-6-1-7-4-11-12-5-8(7)2-9(6)13-10;/h1-2,4-5H,3H2,(H,11,13,14);/q;+1/p-1. The maximum Gasteiger partial charge on any atom is 1.00 e. The van der Waals surface area contributed by atoms with Crippen LogP contribution in [0.3, 0.4) is 0 Å². The normalized spacial score (nSPS) is 13.2. The molecule has 0 fully saturated rings. The number of nitrogens with zero attached hydrogens (tertiary/aromatic N) is 3. The van der Waals surface area contributed by atoms with E-state index in [1.165, 1.54) is 0 Å². The number of fused-ring (bicyclic) bond motifs is 2. The molecule has 68 valence electrons. The van der Waals surface area contributed by atoms with Crippen molar-refractivity contribution in [1.82, 2.24) is 10.2 Å². The van der Waals surface area contributed by atoms with Gasteiger partial charge in [0.15, 0.2) is 0 Å². The van der Waals surface area contributed by atoms with E-state index in [1.54, 1.807) is 12.4 Å². The summed E-state index contributed by atoms with van der Waals surface area (Å²) in [6.07, 6.45) is 3.78. The molecule has 1 aliphatic heterocycles. The Hall–Kier alpha value is -0.165. The van der Waals surface area contributed by atoms with Crippen molar-refractivity contribution in [3.8, 4) is 0 Å². The summed E-state index contributed by atoms with van der Waals surface area (Å²) in [6, 6.07) is 3.83. The molecule has 0 bridgehead atoms. The number of carbonyl (C=O) groups is 1. The van der Waals surface area contributed by atoms with Crippen LogP contribution in [0.1, 0.15) is 5.56 Å². The van der Waals surface area contributed by atoms with Crippen molar-refractivity contribution >= 4 is 22.4 Å². The molecule has 0 radical (unpaired) electrons. The van der Waals surface area contributed by atoms with Crippen LogP contribution in [0.4, 0.5) is 5.69 Å². The molecule has 15 heavy (non-hydrogen) atoms. The van der Waals surface area contributed by atoms with E-state index < -0.39 is 0 Å². The molecule has 1 aromatic heterocycles. The summed E-state index contributed by atoms with van der Waals surface area (Å²) in [5.41, 5.74) is 1.76. The fraction of sp³-hybridized carbons (Fsp3) is 0.100. The SMILES string of the molecule is O=C1Cc2cc3cnncc3cc2[N-]1.[Rb+]. The largest absolute Gasteiger partial charge is 1.00 e. The molecule has 0 unspecified atom stereocenters. The van der Waals surface area contributed by atoms with E-state index in [0.717, 1.165) is 22.0 Å². The van der Waals surface area contributed by atoms with Gasteiger partial charge in [0.05, 0.1) is 18.3 Å². The van der Waals surface area contributed by atoms with E-state index in [-0.39, 0.29) is 64.1 Å². The van der Waals surface area contributed by atoms with Crippen molar-refractivity contribution < 1.29 is 63.0 Å². The average Bonchev–Trinajstić information content (AvgIpc) is 2.53. The zero-order chi connectivity index (χ0) is 9.54. The summed E-state index contributed by atoms with van der Waals surface area (Å²) >= 11 is 0. The summed E-state index contributed by atoms with van der Waals surface area (Å²) < 4.78 is 0. The first-order valence-corrected chi connectivity index (χ1v) is 4.31. The number of rotatable bonds is 0. The maximum absolute atomic E-state index is 11.1. The van der Waals surface area contributed by atoms with Gasteiger partial charge in [0.2, 0.25) is 0 Å². The van der Waals surface area contributed by atoms with Gasteiger partial charge in [0, 0.05) is 17.2 Å². The van der Waals surface area contributed by atoms with Crippen LogP contribution >= 0.6 is 0 Å². The van der Waals surface area contributed by atoms with Crippen molar-refractivity contribution in [1.29, 1.82) is 0 Å². The smallest absolute Gasteiger partial charge is 0.626 e. The second-order valence-electron chi connectivity index (χ2n) is 3.28. The van der Waals surface area contributed by atoms with Crippen LogP contribution in [-0.4, -0.2) is 16.1 Å². The third-order valence-corrected chi connectivity index (χ3v) is 2.33. The molecule has 3 rings (SSSR count). The van der Waals surface area contributed by atoms with Crippen molar-refractivity contribution in [2.24, 2.45) is 0 Å². The molecule has 1 aliphatic rings. The molecule has 5 heteroatoms. The number of hydrogen-bond acceptors (Lipinski definition) is 3. The molecule has 2 aromatic rings. The van der Waals surface area contributed by atoms with E-state index in [4.69, 9.17) is 0 Å². The Balaban J connectivity index is 0.000000853. The third-order valence-electron chi connectivity index (χ3n) is 2.33. The molecule has 0 saturated heterocycles. The Labute approximate surface area is 135 Å². The van der Waals surface area contributed by atoms with Gasteiger partial charge in [0.25, 0.3) is 0 Å². The van der Waals surface area contributed by atoms with Crippen molar-refractivity contribution in [2.45, 2.75) is 6.42 Å². The fourth-order valence-corrected chi connectivity index (χ4v) is 1.67. The van der Waals surface area contributed by atoms with Crippen LogP contribution in [0.25, 0.3) is 16.1 Å². The molecule has 1 aromatic carbocycles. The van der Waals surface area contributed by atoms with Gasteiger partial charge in [-0.15, -0.1) is 5.69 Å². The van der Waals surface area contributed by atoms with E-state index in [9.17, 15) is 4.79 Å². The van der Waals surface area contributed by atoms with Gasteiger partial charge in [-0.2, -0.15) is 10.2 Å². The minimum absolute atomic E-state index is 0. The molecule has 0 saturated carbocycles. The monoisotopic (exact) mass is 269 g/mol. The fourth-order valence-electron chi connectivity index (χ4n) is 1.67. The van der Waals surface area contributed by atoms with Gasteiger partial charge in [0.1, 0.15) is 0 Å². The van der Waals surface area contributed by atoms with Crippen molar-refractivity contribution in [2.75, 3.05) is 0 Å². The number of benzene rings is 1. The second kappa shape index (κ2) is 4.37. The summed E-state index contributed by atoms with van der Waals surface area (Å²) in [4.78, 5) is 11.1. The number of aromatic nitrogens is 2. The molecule has 0 aliphatic carbocycles. The van der Waals surface area contributed by atoms with E-state index >= 15 is 0 Å². The van der Waals surface area contributed by atoms with Gasteiger partial charge < -0.3 is 10.1 Å². The molecule has 2 heterocycles. The maximum atomic E-state index is 11.1. The summed E-state index contributed by atoms with van der Waals surface area (Å²) in [5, 5.41) is 13.5. The van der Waals surface area contributed by atoms with Gasteiger partial charge in [-0.1, -0.05) is 17.7 Å². The summed E-state index contributed by atoms with van der Waals surface area (Å²) in [5.74, 6) is -0.0729. The number of hydrogen-bond donors (Lipinski definition) is 0. The van der Waals surface area contributed by atoms with E-state index in [2.05, 4.69) is 15.5 Å². The molecule has 0 atom stereocenters. The van der Waals surface area contributed by atoms with Crippen LogP contribution < -0.4 is 58.2 Å². The van der Waals surface area contributed by atoms with Crippen LogP contribution in [-0.2, 0) is 11.2 Å². The minimum atomic E-state index is -0.0729. The Kier molecular flexibility index (Phi) is 3.30. The van der Waals surface area contributed by atoms with Gasteiger partial charge in [-0.3, -0.25) is 0 Å². The molecule has 1 amide bonds. The molecular formula is C10H6N3ORb. The molecule has 4 nitrogen and oxygen atoms in total. The second-order valence-corrected chi connectivity index (χ2v) is 3.28. The molecule has 0 N–H and O–H groups in total. The zero-order valence-corrected chi connectivity index (χ0v) is 13.2. The zero-order valence-electron chi connectivity index (χ0n) is 8.27. The first kappa shape index (κ1) is 11.3. The van der Waals surface area contributed by atoms with Crippen LogP contribution in [0.2, 0.25) is 0 Å². The first-order valence-electron chi connectivity index (χ1n) is 4.31. The Morgan fingerprint density at radius 2 is 1.80 bits per heavy atom. The van der Waals surface area contributed by atoms with Crippen molar-refractivity contribution in [3.05, 3.63) is 35.4 Å². The Bertz CT molecular complexity index is 495.